The maximum absolute atomic E-state index is 10.3. The third-order valence-corrected chi connectivity index (χ3v) is 4.84. The molecular formula is C17H18O2S. The van der Waals surface area contributed by atoms with E-state index in [2.05, 4.69) is 25.1 Å². The number of hydrogen-bond acceptors (Lipinski definition) is 3. The monoisotopic (exact) mass is 286 g/mol. The van der Waals surface area contributed by atoms with Gasteiger partial charge in [0.25, 0.3) is 0 Å². The minimum absolute atomic E-state index is 0.439. The number of thioether (sulfide) groups is 1. The van der Waals surface area contributed by atoms with Gasteiger partial charge >= 0.3 is 0 Å². The van der Waals surface area contributed by atoms with Gasteiger partial charge in [-0.1, -0.05) is 24.3 Å². The molecule has 1 unspecified atom stereocenters. The largest absolute Gasteiger partial charge is 0.493 e. The maximum Gasteiger partial charge on any atom is 0.122 e. The van der Waals surface area contributed by atoms with E-state index in [1.165, 1.54) is 16.0 Å². The van der Waals surface area contributed by atoms with Crippen LogP contribution in [-0.2, 0) is 6.42 Å². The first kappa shape index (κ1) is 13.5. The van der Waals surface area contributed by atoms with Crippen molar-refractivity contribution in [3.63, 3.8) is 0 Å². The summed E-state index contributed by atoms with van der Waals surface area (Å²) in [5, 5.41) is 10.3. The quantitative estimate of drug-likeness (QED) is 0.868. The van der Waals surface area contributed by atoms with Gasteiger partial charge in [-0.05, 0) is 41.8 Å². The van der Waals surface area contributed by atoms with Gasteiger partial charge in [0.05, 0.1) is 12.7 Å². The molecule has 0 saturated carbocycles. The number of benzene rings is 2. The minimum Gasteiger partial charge on any atom is -0.493 e. The van der Waals surface area contributed by atoms with Crippen LogP contribution in [0.5, 0.6) is 5.75 Å². The fourth-order valence-corrected chi connectivity index (χ4v) is 3.40. The van der Waals surface area contributed by atoms with E-state index in [0.29, 0.717) is 5.75 Å². The van der Waals surface area contributed by atoms with Crippen LogP contribution in [0.3, 0.4) is 0 Å². The first-order valence-corrected chi connectivity index (χ1v) is 7.85. The molecule has 2 aromatic carbocycles. The Bertz CT molecular complexity index is 610. The van der Waals surface area contributed by atoms with Gasteiger partial charge < -0.3 is 9.84 Å². The summed E-state index contributed by atoms with van der Waals surface area (Å²) in [4.78, 5) is 1.23. The molecule has 20 heavy (non-hydrogen) atoms. The molecule has 0 amide bonds. The summed E-state index contributed by atoms with van der Waals surface area (Å²) >= 11 is 1.70. The highest BCUT2D eigenvalue weighted by atomic mass is 32.2. The summed E-state index contributed by atoms with van der Waals surface area (Å²) in [6, 6.07) is 14.3. The van der Waals surface area contributed by atoms with Gasteiger partial charge in [0.15, 0.2) is 0 Å². The number of aryl methyl sites for hydroxylation is 1. The second kappa shape index (κ2) is 5.90. The lowest BCUT2D eigenvalue weighted by Gasteiger charge is -2.13. The molecule has 0 radical (unpaired) electrons. The van der Waals surface area contributed by atoms with Crippen LogP contribution in [0.2, 0.25) is 0 Å². The molecule has 0 aromatic heterocycles. The number of aliphatic hydroxyl groups is 1. The first-order chi connectivity index (χ1) is 9.74. The van der Waals surface area contributed by atoms with Gasteiger partial charge in [0.1, 0.15) is 5.75 Å². The second-order valence-corrected chi connectivity index (χ2v) is 6.12. The molecule has 0 fully saturated rings. The van der Waals surface area contributed by atoms with Crippen LogP contribution in [0.15, 0.2) is 47.4 Å². The Kier molecular flexibility index (Phi) is 3.99. The lowest BCUT2D eigenvalue weighted by molar-refractivity contribution is 0.204. The van der Waals surface area contributed by atoms with Crippen LogP contribution in [-0.4, -0.2) is 17.5 Å². The SMILES string of the molecule is Cc1ccccc1SCC(O)c1ccc2c(c1)CCO2. The van der Waals surface area contributed by atoms with Gasteiger partial charge in [-0.15, -0.1) is 11.8 Å². The highest BCUT2D eigenvalue weighted by Gasteiger charge is 2.15. The van der Waals surface area contributed by atoms with Crippen molar-refractivity contribution >= 4 is 11.8 Å². The van der Waals surface area contributed by atoms with E-state index in [1.807, 2.05) is 24.3 Å². The zero-order valence-corrected chi connectivity index (χ0v) is 12.3. The Balaban J connectivity index is 1.67. The average molecular weight is 286 g/mol. The van der Waals surface area contributed by atoms with E-state index in [4.69, 9.17) is 4.74 Å². The molecule has 3 heteroatoms. The third-order valence-electron chi connectivity index (χ3n) is 3.59. The van der Waals surface area contributed by atoms with Crippen LogP contribution >= 0.6 is 11.8 Å². The Labute approximate surface area is 123 Å². The number of hydrogen-bond donors (Lipinski definition) is 1. The van der Waals surface area contributed by atoms with Crippen molar-refractivity contribution in [3.05, 3.63) is 59.2 Å². The van der Waals surface area contributed by atoms with Gasteiger partial charge in [0.2, 0.25) is 0 Å². The highest BCUT2D eigenvalue weighted by Crippen LogP contribution is 2.31. The van der Waals surface area contributed by atoms with Crippen LogP contribution in [0.4, 0.5) is 0 Å². The Morgan fingerprint density at radius 1 is 1.25 bits per heavy atom. The van der Waals surface area contributed by atoms with E-state index < -0.39 is 6.10 Å². The van der Waals surface area contributed by atoms with Gasteiger partial charge in [-0.3, -0.25) is 0 Å². The van der Waals surface area contributed by atoms with Crippen molar-refractivity contribution in [1.82, 2.24) is 0 Å². The summed E-state index contributed by atoms with van der Waals surface area (Å²) in [5.41, 5.74) is 3.45. The van der Waals surface area contributed by atoms with E-state index in [1.54, 1.807) is 11.8 Å². The van der Waals surface area contributed by atoms with Crippen molar-refractivity contribution in [3.8, 4) is 5.75 Å². The summed E-state index contributed by atoms with van der Waals surface area (Å²) in [6.45, 7) is 2.86. The Hall–Kier alpha value is -1.45. The lowest BCUT2D eigenvalue weighted by Crippen LogP contribution is -2.01. The topological polar surface area (TPSA) is 29.5 Å². The van der Waals surface area contributed by atoms with Crippen molar-refractivity contribution < 1.29 is 9.84 Å². The van der Waals surface area contributed by atoms with Gasteiger partial charge in [-0.2, -0.15) is 0 Å². The van der Waals surface area contributed by atoms with E-state index in [9.17, 15) is 5.11 Å². The van der Waals surface area contributed by atoms with Crippen LogP contribution < -0.4 is 4.74 Å². The molecule has 0 aliphatic carbocycles. The van der Waals surface area contributed by atoms with Crippen molar-refractivity contribution in [2.24, 2.45) is 0 Å². The van der Waals surface area contributed by atoms with E-state index >= 15 is 0 Å². The second-order valence-electron chi connectivity index (χ2n) is 5.06. The fourth-order valence-electron chi connectivity index (χ4n) is 2.40. The zero-order chi connectivity index (χ0) is 13.9. The molecule has 1 aliphatic heterocycles. The molecule has 1 aliphatic rings. The molecule has 0 spiro atoms. The number of aliphatic hydroxyl groups excluding tert-OH is 1. The van der Waals surface area contributed by atoms with Crippen LogP contribution in [0, 0.1) is 6.92 Å². The maximum atomic E-state index is 10.3. The van der Waals surface area contributed by atoms with Crippen LogP contribution in [0.1, 0.15) is 22.8 Å². The molecule has 1 N–H and O–H groups in total. The van der Waals surface area contributed by atoms with E-state index in [-0.39, 0.29) is 0 Å². The van der Waals surface area contributed by atoms with Gasteiger partial charge in [0, 0.05) is 17.1 Å². The molecule has 2 aromatic rings. The standard InChI is InChI=1S/C17H18O2S/c1-12-4-2-3-5-17(12)20-11-15(18)13-6-7-16-14(10-13)8-9-19-16/h2-7,10,15,18H,8-9,11H2,1H3. The Morgan fingerprint density at radius 3 is 2.95 bits per heavy atom. The van der Waals surface area contributed by atoms with Gasteiger partial charge in [-0.25, -0.2) is 0 Å². The van der Waals surface area contributed by atoms with Crippen molar-refractivity contribution in [2.45, 2.75) is 24.3 Å². The molecule has 1 heterocycles. The summed E-state index contributed by atoms with van der Waals surface area (Å²) in [5.74, 6) is 1.64. The molecule has 0 bridgehead atoms. The van der Waals surface area contributed by atoms with Crippen LogP contribution in [0.25, 0.3) is 0 Å². The average Bonchev–Trinajstić information content (AvgIpc) is 2.93. The summed E-state index contributed by atoms with van der Waals surface area (Å²) in [7, 11) is 0. The predicted molar refractivity (Wildman–Crippen MR) is 82.5 cm³/mol. The van der Waals surface area contributed by atoms with Crippen molar-refractivity contribution in [2.75, 3.05) is 12.4 Å². The normalized spacial score (nSPS) is 14.7. The molecule has 104 valence electrons. The number of rotatable bonds is 4. The zero-order valence-electron chi connectivity index (χ0n) is 11.5. The summed E-state index contributed by atoms with van der Waals surface area (Å²) in [6.07, 6.45) is 0.506. The Morgan fingerprint density at radius 2 is 2.10 bits per heavy atom. The number of fused-ring (bicyclic) bond motifs is 1. The molecule has 2 nitrogen and oxygen atoms in total. The highest BCUT2D eigenvalue weighted by molar-refractivity contribution is 7.99. The molecule has 0 saturated heterocycles. The number of ether oxygens (including phenoxy) is 1. The lowest BCUT2D eigenvalue weighted by atomic mass is 10.1. The molecule has 3 rings (SSSR count). The third kappa shape index (κ3) is 2.84. The smallest absolute Gasteiger partial charge is 0.122 e. The molecular weight excluding hydrogens is 268 g/mol. The van der Waals surface area contributed by atoms with E-state index in [0.717, 1.165) is 24.3 Å². The molecule has 1 atom stereocenters. The van der Waals surface area contributed by atoms with Crippen molar-refractivity contribution in [1.29, 1.82) is 0 Å². The summed E-state index contributed by atoms with van der Waals surface area (Å²) < 4.78 is 5.49. The predicted octanol–water partition coefficient (Wildman–Crippen LogP) is 3.76. The first-order valence-electron chi connectivity index (χ1n) is 6.86. The minimum atomic E-state index is -0.439. The fraction of sp³-hybridized carbons (Fsp3) is 0.294.